The Morgan fingerprint density at radius 3 is 2.58 bits per heavy atom. The molecule has 0 aliphatic heterocycles. The highest BCUT2D eigenvalue weighted by atomic mass is 16.3. The van der Waals surface area contributed by atoms with Crippen molar-refractivity contribution in [3.05, 3.63) is 51.5 Å². The Kier molecular flexibility index (Phi) is 5.48. The zero-order valence-corrected chi connectivity index (χ0v) is 18.3. The van der Waals surface area contributed by atoms with Crippen molar-refractivity contribution in [2.75, 3.05) is 20.7 Å². The van der Waals surface area contributed by atoms with E-state index in [0.717, 1.165) is 0 Å². The summed E-state index contributed by atoms with van der Waals surface area (Å²) in [6.45, 7) is -0.369. The fourth-order valence-corrected chi connectivity index (χ4v) is 5.59. The van der Waals surface area contributed by atoms with E-state index in [1.807, 2.05) is 0 Å². The highest BCUT2D eigenvalue weighted by molar-refractivity contribution is 6.13. The molecule has 0 fully saturated rings. The number of rotatable bonds is 2. The summed E-state index contributed by atoms with van der Waals surface area (Å²) >= 11 is 0. The number of phenolic OH excluding ortho intramolecular Hbond substituents is 1. The number of aliphatic hydroxyl groups excluding tert-OH is 3. The van der Waals surface area contributed by atoms with Crippen LogP contribution in [0.15, 0.2) is 34.8 Å². The zero-order valence-electron chi connectivity index (χ0n) is 18.3. The normalized spacial score (nSPS) is 28.6. The molecular formula is C24H26N2O7. The number of carbonyl (C=O) groups excluding carboxylic acids is 2. The lowest BCUT2D eigenvalue weighted by Crippen LogP contribution is -2.59. The highest BCUT2D eigenvalue weighted by Crippen LogP contribution is 2.53. The molecule has 0 aromatic heterocycles. The average molecular weight is 454 g/mol. The fourth-order valence-electron chi connectivity index (χ4n) is 5.59. The van der Waals surface area contributed by atoms with Crippen LogP contribution in [-0.2, 0) is 11.2 Å². The van der Waals surface area contributed by atoms with E-state index in [1.54, 1.807) is 25.1 Å². The van der Waals surface area contributed by atoms with Crippen LogP contribution in [0.4, 0.5) is 0 Å². The van der Waals surface area contributed by atoms with E-state index in [4.69, 9.17) is 10.8 Å². The first kappa shape index (κ1) is 22.9. The fraction of sp³-hybridized carbons (Fsp3) is 0.417. The molecule has 1 amide bonds. The molecule has 1 aromatic rings. The summed E-state index contributed by atoms with van der Waals surface area (Å²) in [5, 5.41) is 53.1. The van der Waals surface area contributed by atoms with Crippen molar-refractivity contribution >= 4 is 11.7 Å². The first-order valence-electron chi connectivity index (χ1n) is 10.6. The van der Waals surface area contributed by atoms with Gasteiger partial charge in [-0.1, -0.05) is 11.8 Å². The number of phenols is 1. The van der Waals surface area contributed by atoms with Gasteiger partial charge in [0.2, 0.25) is 5.91 Å². The number of allylic oxidation sites excluding steroid dienone is 1. The topological polar surface area (TPSA) is 165 Å². The Labute approximate surface area is 190 Å². The SMILES string of the molecule is CN(C)C1C(O)=C(C(N)=O)CC2(O)C(O)=C3C(=O)c4c(O)ccc(C#CCO)c4CC3CC12. The zero-order chi connectivity index (χ0) is 24.2. The number of nitrogens with zero attached hydrogens (tertiary/aromatic N) is 1. The van der Waals surface area contributed by atoms with Gasteiger partial charge in [0.1, 0.15) is 29.5 Å². The third-order valence-corrected chi connectivity index (χ3v) is 7.01. The van der Waals surface area contributed by atoms with Gasteiger partial charge in [0.05, 0.1) is 17.2 Å². The van der Waals surface area contributed by atoms with Gasteiger partial charge in [0.15, 0.2) is 5.78 Å². The molecule has 1 aromatic carbocycles. The van der Waals surface area contributed by atoms with E-state index in [1.165, 1.54) is 6.07 Å². The van der Waals surface area contributed by atoms with Crippen LogP contribution in [0.25, 0.3) is 0 Å². The Hall–Kier alpha value is -3.32. The van der Waals surface area contributed by atoms with Gasteiger partial charge >= 0.3 is 0 Å². The van der Waals surface area contributed by atoms with Crippen LogP contribution < -0.4 is 5.73 Å². The van der Waals surface area contributed by atoms with E-state index in [-0.39, 0.29) is 47.7 Å². The molecule has 0 heterocycles. The minimum Gasteiger partial charge on any atom is -0.510 e. The van der Waals surface area contributed by atoms with Crippen molar-refractivity contribution < 1.29 is 35.1 Å². The molecule has 4 unspecified atom stereocenters. The van der Waals surface area contributed by atoms with Crippen LogP contribution in [-0.4, -0.2) is 74.5 Å². The summed E-state index contributed by atoms with van der Waals surface area (Å²) in [5.74, 6) is 1.44. The largest absolute Gasteiger partial charge is 0.510 e. The number of nitrogens with two attached hydrogens (primary N) is 1. The standard InChI is InChI=1S/C24H26N2O7/c1-26(2)19-15-9-12-8-13-11(4-3-7-27)5-6-16(28)18(13)21(30)17(12)22(31)24(15,33)10-14(20(19)29)23(25)32/h5-6,12,15,19,27-29,31,33H,7-10H2,1-2H3,(H2,25,32). The Morgan fingerprint density at radius 1 is 1.27 bits per heavy atom. The van der Waals surface area contributed by atoms with Gasteiger partial charge in [-0.25, -0.2) is 0 Å². The van der Waals surface area contributed by atoms with Gasteiger partial charge < -0.3 is 31.3 Å². The van der Waals surface area contributed by atoms with Gasteiger partial charge in [-0.2, -0.15) is 0 Å². The smallest absolute Gasteiger partial charge is 0.248 e. The maximum absolute atomic E-state index is 13.5. The quantitative estimate of drug-likeness (QED) is 0.347. The van der Waals surface area contributed by atoms with Crippen LogP contribution in [0.1, 0.15) is 34.3 Å². The van der Waals surface area contributed by atoms with Gasteiger partial charge in [-0.3, -0.25) is 14.5 Å². The number of carbonyl (C=O) groups is 2. The van der Waals surface area contributed by atoms with E-state index < -0.39 is 47.3 Å². The summed E-state index contributed by atoms with van der Waals surface area (Å²) in [4.78, 5) is 27.1. The second kappa shape index (κ2) is 7.92. The summed E-state index contributed by atoms with van der Waals surface area (Å²) in [6.07, 6.45) is 0.0477. The molecule has 7 N–H and O–H groups in total. The summed E-state index contributed by atoms with van der Waals surface area (Å²) < 4.78 is 0. The molecule has 33 heavy (non-hydrogen) atoms. The van der Waals surface area contributed by atoms with E-state index in [2.05, 4.69) is 11.8 Å². The second-order valence-corrected chi connectivity index (χ2v) is 9.02. The highest BCUT2D eigenvalue weighted by Gasteiger charge is 2.58. The molecule has 0 spiro atoms. The number of aliphatic hydroxyl groups is 4. The maximum Gasteiger partial charge on any atom is 0.248 e. The molecule has 0 radical (unpaired) electrons. The lowest BCUT2D eigenvalue weighted by atomic mass is 9.59. The van der Waals surface area contributed by atoms with Crippen molar-refractivity contribution in [2.24, 2.45) is 17.6 Å². The number of likely N-dealkylation sites (N-methyl/N-ethyl adjacent to an activating group) is 1. The Morgan fingerprint density at radius 2 is 1.97 bits per heavy atom. The minimum atomic E-state index is -1.99. The van der Waals surface area contributed by atoms with Crippen molar-refractivity contribution in [3.63, 3.8) is 0 Å². The van der Waals surface area contributed by atoms with Crippen molar-refractivity contribution in [1.29, 1.82) is 0 Å². The monoisotopic (exact) mass is 454 g/mol. The van der Waals surface area contributed by atoms with Gasteiger partial charge in [-0.05, 0) is 50.6 Å². The Balaban J connectivity index is 1.91. The predicted molar refractivity (Wildman–Crippen MR) is 117 cm³/mol. The minimum absolute atomic E-state index is 0.00641. The molecule has 3 aliphatic rings. The first-order chi connectivity index (χ1) is 15.5. The van der Waals surface area contributed by atoms with Crippen LogP contribution in [0.2, 0.25) is 0 Å². The molecular weight excluding hydrogens is 428 g/mol. The number of fused-ring (bicyclic) bond motifs is 3. The molecule has 4 rings (SSSR count). The second-order valence-electron chi connectivity index (χ2n) is 9.02. The molecule has 9 heteroatoms. The van der Waals surface area contributed by atoms with E-state index >= 15 is 0 Å². The number of aromatic hydroxyl groups is 1. The maximum atomic E-state index is 13.5. The molecule has 0 saturated heterocycles. The lowest BCUT2D eigenvalue weighted by molar-refractivity contribution is -0.118. The summed E-state index contributed by atoms with van der Waals surface area (Å²) in [7, 11) is 3.34. The number of benzene rings is 1. The van der Waals surface area contributed by atoms with Crippen LogP contribution in [0.5, 0.6) is 5.75 Å². The molecule has 0 saturated carbocycles. The third-order valence-electron chi connectivity index (χ3n) is 7.01. The van der Waals surface area contributed by atoms with Crippen molar-refractivity contribution in [1.82, 2.24) is 4.90 Å². The van der Waals surface area contributed by atoms with E-state index in [0.29, 0.717) is 11.1 Å². The molecule has 9 nitrogen and oxygen atoms in total. The van der Waals surface area contributed by atoms with Gasteiger partial charge in [-0.15, -0.1) is 0 Å². The number of hydrogen-bond donors (Lipinski definition) is 6. The van der Waals surface area contributed by atoms with Gasteiger partial charge in [0, 0.05) is 23.5 Å². The Bertz CT molecular complexity index is 1190. The predicted octanol–water partition coefficient (Wildman–Crippen LogP) is 0.285. The van der Waals surface area contributed by atoms with E-state index in [9.17, 15) is 30.0 Å². The summed E-state index contributed by atoms with van der Waals surface area (Å²) in [5.41, 5.74) is 4.19. The lowest BCUT2D eigenvalue weighted by Gasteiger charge is -2.51. The molecule has 4 atom stereocenters. The average Bonchev–Trinajstić information content (AvgIpc) is 2.74. The summed E-state index contributed by atoms with van der Waals surface area (Å²) in [6, 6.07) is 2.07. The number of ketones is 1. The van der Waals surface area contributed by atoms with Crippen molar-refractivity contribution in [3.8, 4) is 17.6 Å². The molecule has 174 valence electrons. The molecule has 3 aliphatic carbocycles. The van der Waals surface area contributed by atoms with Crippen LogP contribution in [0.3, 0.4) is 0 Å². The van der Waals surface area contributed by atoms with Crippen molar-refractivity contribution in [2.45, 2.75) is 30.9 Å². The molecule has 0 bridgehead atoms. The number of primary amides is 1. The van der Waals surface area contributed by atoms with Crippen LogP contribution >= 0.6 is 0 Å². The number of Topliss-reactive ketones (excluding diaryl/α,β-unsaturated/α-hetero) is 1. The first-order valence-corrected chi connectivity index (χ1v) is 10.6. The van der Waals surface area contributed by atoms with Crippen LogP contribution in [0, 0.1) is 23.7 Å². The number of amides is 1. The number of hydrogen-bond acceptors (Lipinski definition) is 8. The van der Waals surface area contributed by atoms with Gasteiger partial charge in [0.25, 0.3) is 0 Å². The third kappa shape index (κ3) is 3.30.